The van der Waals surface area contributed by atoms with Crippen LogP contribution in [0.15, 0.2) is 16.5 Å². The number of nitrogens with one attached hydrogen (secondary N) is 2. The quantitative estimate of drug-likeness (QED) is 0.694. The van der Waals surface area contributed by atoms with E-state index in [0.29, 0.717) is 5.76 Å². The Balaban J connectivity index is 0.00000128. The number of aromatic nitrogens is 4. The summed E-state index contributed by atoms with van der Waals surface area (Å²) in [5, 5.41) is 15.0. The number of H-pyrrole nitrogens is 1. The molecule has 0 spiro atoms. The molecule has 0 aromatic carbocycles. The number of aromatic amines is 1. The summed E-state index contributed by atoms with van der Waals surface area (Å²) >= 11 is 0. The minimum absolute atomic E-state index is 0. The molecule has 86 valence electrons. The minimum Gasteiger partial charge on any atom is -0.455 e. The second-order valence-corrected chi connectivity index (χ2v) is 2.66. The van der Waals surface area contributed by atoms with E-state index < -0.39 is 5.91 Å². The van der Waals surface area contributed by atoms with Gasteiger partial charge in [0.25, 0.3) is 11.9 Å². The lowest BCUT2D eigenvalue weighted by Crippen LogP contribution is -2.12. The highest BCUT2D eigenvalue weighted by Crippen LogP contribution is 2.08. The van der Waals surface area contributed by atoms with E-state index in [9.17, 15) is 4.79 Å². The van der Waals surface area contributed by atoms with Gasteiger partial charge in [0.15, 0.2) is 5.76 Å². The fourth-order valence-electron chi connectivity index (χ4n) is 0.988. The van der Waals surface area contributed by atoms with Crippen LogP contribution in [0.2, 0.25) is 0 Å². The maximum absolute atomic E-state index is 11.5. The van der Waals surface area contributed by atoms with Gasteiger partial charge in [0.05, 0.1) is 6.54 Å². The molecule has 8 nitrogen and oxygen atoms in total. The normalized spacial score (nSPS) is 9.56. The zero-order valence-corrected chi connectivity index (χ0v) is 8.82. The Bertz CT molecular complexity index is 453. The number of hydrogen-bond donors (Lipinski definition) is 3. The van der Waals surface area contributed by atoms with Gasteiger partial charge in [0.1, 0.15) is 5.76 Å². The summed E-state index contributed by atoms with van der Waals surface area (Å²) in [6.07, 6.45) is 0. The first-order valence-electron chi connectivity index (χ1n) is 4.13. The summed E-state index contributed by atoms with van der Waals surface area (Å²) in [6, 6.07) is 3.16. The van der Waals surface area contributed by atoms with Crippen LogP contribution in [0.4, 0.5) is 5.95 Å². The van der Waals surface area contributed by atoms with Crippen LogP contribution in [0.3, 0.4) is 0 Å². The lowest BCUT2D eigenvalue weighted by molar-refractivity contribution is 0.0994. The first-order valence-corrected chi connectivity index (χ1v) is 4.13. The molecule has 0 fully saturated rings. The molecule has 0 atom stereocenters. The van der Waals surface area contributed by atoms with E-state index in [-0.39, 0.29) is 30.7 Å². The van der Waals surface area contributed by atoms with Crippen LogP contribution < -0.4 is 11.1 Å². The third-order valence-electron chi connectivity index (χ3n) is 1.66. The van der Waals surface area contributed by atoms with Gasteiger partial charge in [-0.25, -0.2) is 0 Å². The predicted molar refractivity (Wildman–Crippen MR) is 56.0 cm³/mol. The van der Waals surface area contributed by atoms with E-state index in [1.807, 2.05) is 0 Å². The van der Waals surface area contributed by atoms with Crippen molar-refractivity contribution in [2.45, 2.75) is 6.54 Å². The fourth-order valence-corrected chi connectivity index (χ4v) is 0.988. The SMILES string of the molecule is Cl.NCc1ccc(C(=O)Nc2nn[nH]n2)o1. The molecule has 0 bridgehead atoms. The van der Waals surface area contributed by atoms with E-state index in [4.69, 9.17) is 10.2 Å². The Labute approximate surface area is 96.0 Å². The van der Waals surface area contributed by atoms with Crippen LogP contribution >= 0.6 is 12.4 Å². The number of furan rings is 1. The summed E-state index contributed by atoms with van der Waals surface area (Å²) in [7, 11) is 0. The number of hydrogen-bond acceptors (Lipinski definition) is 6. The molecule has 2 heterocycles. The molecule has 16 heavy (non-hydrogen) atoms. The van der Waals surface area contributed by atoms with Gasteiger partial charge in [-0.3, -0.25) is 10.1 Å². The van der Waals surface area contributed by atoms with E-state index in [0.717, 1.165) is 0 Å². The van der Waals surface area contributed by atoms with Crippen LogP contribution in [0, 0.1) is 0 Å². The molecule has 0 saturated heterocycles. The monoisotopic (exact) mass is 244 g/mol. The van der Waals surface area contributed by atoms with Gasteiger partial charge < -0.3 is 10.2 Å². The molecule has 0 aliphatic heterocycles. The summed E-state index contributed by atoms with van der Waals surface area (Å²) in [5.74, 6) is 0.329. The molecule has 1 amide bonds. The van der Waals surface area contributed by atoms with Gasteiger partial charge in [0.2, 0.25) is 0 Å². The molecular formula is C7H9ClN6O2. The van der Waals surface area contributed by atoms with Gasteiger partial charge in [-0.05, 0) is 17.3 Å². The zero-order valence-electron chi connectivity index (χ0n) is 8.01. The third-order valence-corrected chi connectivity index (χ3v) is 1.66. The summed E-state index contributed by atoms with van der Waals surface area (Å²) in [6.45, 7) is 0.246. The number of carbonyl (C=O) groups is 1. The molecule has 2 aromatic heterocycles. The van der Waals surface area contributed by atoms with Crippen molar-refractivity contribution in [1.29, 1.82) is 0 Å². The first-order chi connectivity index (χ1) is 7.29. The Kier molecular flexibility index (Phi) is 3.97. The number of amides is 1. The Hall–Kier alpha value is -1.93. The van der Waals surface area contributed by atoms with Crippen LogP contribution in [0.5, 0.6) is 0 Å². The molecule has 0 radical (unpaired) electrons. The summed E-state index contributed by atoms with van der Waals surface area (Å²) in [4.78, 5) is 11.5. The largest absolute Gasteiger partial charge is 0.455 e. The van der Waals surface area contributed by atoms with Crippen LogP contribution in [0.25, 0.3) is 0 Å². The van der Waals surface area contributed by atoms with Crippen molar-refractivity contribution in [1.82, 2.24) is 20.6 Å². The first kappa shape index (κ1) is 12.1. The minimum atomic E-state index is -0.448. The molecular weight excluding hydrogens is 236 g/mol. The van der Waals surface area contributed by atoms with Crippen LogP contribution in [0.1, 0.15) is 16.3 Å². The molecule has 0 unspecified atom stereocenters. The predicted octanol–water partition coefficient (Wildman–Crippen LogP) is -0.0745. The highest BCUT2D eigenvalue weighted by atomic mass is 35.5. The number of nitrogens with two attached hydrogens (primary N) is 1. The highest BCUT2D eigenvalue weighted by molar-refractivity contribution is 6.01. The van der Waals surface area contributed by atoms with Gasteiger partial charge >= 0.3 is 0 Å². The van der Waals surface area contributed by atoms with E-state index >= 15 is 0 Å². The lowest BCUT2D eigenvalue weighted by Gasteiger charge is -1.95. The zero-order chi connectivity index (χ0) is 10.7. The standard InChI is InChI=1S/C7H8N6O2.ClH/c8-3-4-1-2-5(15-4)6(14)9-7-10-12-13-11-7;/h1-2H,3,8H2,(H2,9,10,11,12,13,14);1H. The second kappa shape index (κ2) is 5.24. The van der Waals surface area contributed by atoms with Gasteiger partial charge in [-0.15, -0.1) is 17.5 Å². The smallest absolute Gasteiger partial charge is 0.293 e. The van der Waals surface area contributed by atoms with Gasteiger partial charge in [-0.1, -0.05) is 5.10 Å². The molecule has 0 saturated carbocycles. The van der Waals surface area contributed by atoms with Gasteiger partial charge in [0, 0.05) is 0 Å². The second-order valence-electron chi connectivity index (χ2n) is 2.66. The molecule has 0 aliphatic carbocycles. The van der Waals surface area contributed by atoms with Crippen molar-refractivity contribution in [3.63, 3.8) is 0 Å². The van der Waals surface area contributed by atoms with Crippen molar-refractivity contribution in [3.8, 4) is 0 Å². The molecule has 2 rings (SSSR count). The molecule has 2 aromatic rings. The van der Waals surface area contributed by atoms with E-state index in [2.05, 4.69) is 25.9 Å². The molecule has 9 heteroatoms. The number of nitrogens with zero attached hydrogens (tertiary/aromatic N) is 3. The Morgan fingerprint density at radius 2 is 2.38 bits per heavy atom. The number of halogens is 1. The fraction of sp³-hybridized carbons (Fsp3) is 0.143. The average Bonchev–Trinajstić information content (AvgIpc) is 2.86. The number of carbonyl (C=O) groups excluding carboxylic acids is 1. The maximum Gasteiger partial charge on any atom is 0.293 e. The maximum atomic E-state index is 11.5. The van der Waals surface area contributed by atoms with Crippen molar-refractivity contribution in [2.24, 2.45) is 5.73 Å². The average molecular weight is 245 g/mol. The topological polar surface area (TPSA) is 123 Å². The summed E-state index contributed by atoms with van der Waals surface area (Å²) < 4.78 is 5.12. The summed E-state index contributed by atoms with van der Waals surface area (Å²) in [5.41, 5.74) is 5.33. The van der Waals surface area contributed by atoms with Crippen molar-refractivity contribution in [3.05, 3.63) is 23.7 Å². The van der Waals surface area contributed by atoms with E-state index in [1.165, 1.54) is 6.07 Å². The number of anilines is 1. The molecule has 4 N–H and O–H groups in total. The molecule has 0 aliphatic rings. The van der Waals surface area contributed by atoms with Crippen molar-refractivity contribution < 1.29 is 9.21 Å². The van der Waals surface area contributed by atoms with E-state index in [1.54, 1.807) is 6.07 Å². The van der Waals surface area contributed by atoms with Gasteiger partial charge in [-0.2, -0.15) is 5.21 Å². The van der Waals surface area contributed by atoms with Crippen molar-refractivity contribution in [2.75, 3.05) is 5.32 Å². The number of rotatable bonds is 3. The third kappa shape index (κ3) is 2.55. The van der Waals surface area contributed by atoms with Crippen LogP contribution in [-0.4, -0.2) is 26.5 Å². The highest BCUT2D eigenvalue weighted by Gasteiger charge is 2.12. The Morgan fingerprint density at radius 3 is 2.94 bits per heavy atom. The number of tetrazole rings is 1. The Morgan fingerprint density at radius 1 is 1.56 bits per heavy atom. The van der Waals surface area contributed by atoms with Crippen LogP contribution in [-0.2, 0) is 6.54 Å². The lowest BCUT2D eigenvalue weighted by atomic mass is 10.4. The van der Waals surface area contributed by atoms with Crippen molar-refractivity contribution >= 4 is 24.3 Å².